The molecule has 5 nitrogen and oxygen atoms in total. The number of nitrogens with one attached hydrogen (secondary N) is 1. The molecule has 1 aliphatic rings. The van der Waals surface area contributed by atoms with E-state index >= 15 is 0 Å². The lowest BCUT2D eigenvalue weighted by atomic mass is 9.75. The van der Waals surface area contributed by atoms with Crippen LogP contribution in [0.15, 0.2) is 0 Å². The van der Waals surface area contributed by atoms with Gasteiger partial charge in [-0.25, -0.2) is 0 Å². The summed E-state index contributed by atoms with van der Waals surface area (Å²) in [5.74, 6) is -1.50. The molecule has 0 aromatic heterocycles. The highest BCUT2D eigenvalue weighted by atomic mass is 16.4. The first-order valence-corrected chi connectivity index (χ1v) is 5.75. The minimum Gasteiger partial charge on any atom is -0.481 e. The van der Waals surface area contributed by atoms with Crippen molar-refractivity contribution in [1.29, 1.82) is 0 Å². The number of aliphatic carboxylic acids is 1. The van der Waals surface area contributed by atoms with Crippen molar-refractivity contribution in [2.24, 2.45) is 11.7 Å². The lowest BCUT2D eigenvalue weighted by Gasteiger charge is -2.37. The number of carboxylic acids is 1. The zero-order chi connectivity index (χ0) is 12.2. The fourth-order valence-corrected chi connectivity index (χ4v) is 1.83. The Morgan fingerprint density at radius 3 is 2.50 bits per heavy atom. The van der Waals surface area contributed by atoms with Gasteiger partial charge in [-0.05, 0) is 25.7 Å². The Hall–Kier alpha value is -1.10. The van der Waals surface area contributed by atoms with E-state index in [9.17, 15) is 9.59 Å². The quantitative estimate of drug-likeness (QED) is 0.616. The van der Waals surface area contributed by atoms with Gasteiger partial charge in [-0.1, -0.05) is 6.92 Å². The first-order chi connectivity index (χ1) is 7.47. The van der Waals surface area contributed by atoms with Crippen LogP contribution < -0.4 is 11.1 Å². The van der Waals surface area contributed by atoms with Gasteiger partial charge < -0.3 is 16.2 Å². The van der Waals surface area contributed by atoms with Gasteiger partial charge in [0.15, 0.2) is 0 Å². The third-order valence-corrected chi connectivity index (χ3v) is 3.25. The van der Waals surface area contributed by atoms with Crippen molar-refractivity contribution >= 4 is 11.9 Å². The van der Waals surface area contributed by atoms with Crippen molar-refractivity contribution in [3.8, 4) is 0 Å². The molecule has 0 aromatic rings. The Morgan fingerprint density at radius 1 is 1.50 bits per heavy atom. The average Bonchev–Trinajstić information content (AvgIpc) is 2.15. The number of carbonyl (C=O) groups excluding carboxylic acids is 1. The predicted molar refractivity (Wildman–Crippen MR) is 59.8 cm³/mol. The molecule has 16 heavy (non-hydrogen) atoms. The van der Waals surface area contributed by atoms with E-state index in [-0.39, 0.29) is 18.0 Å². The molecule has 1 saturated carbocycles. The number of carboxylic acid groups (broad SMARTS) is 1. The molecule has 92 valence electrons. The molecule has 0 radical (unpaired) electrons. The van der Waals surface area contributed by atoms with E-state index < -0.39 is 11.9 Å². The van der Waals surface area contributed by atoms with E-state index in [0.717, 1.165) is 19.3 Å². The Morgan fingerprint density at radius 2 is 2.12 bits per heavy atom. The SMILES string of the molecule is CCC(CNC(=O)CC1(N)CCC1)C(=O)O. The molecule has 5 heteroatoms. The lowest BCUT2D eigenvalue weighted by molar-refractivity contribution is -0.141. The lowest BCUT2D eigenvalue weighted by Crippen LogP contribution is -2.50. The number of nitrogens with two attached hydrogens (primary N) is 1. The summed E-state index contributed by atoms with van der Waals surface area (Å²) >= 11 is 0. The van der Waals surface area contributed by atoms with Crippen LogP contribution in [-0.4, -0.2) is 29.1 Å². The Labute approximate surface area is 95.4 Å². The minimum absolute atomic E-state index is 0.137. The second-order valence-corrected chi connectivity index (χ2v) is 4.64. The fraction of sp³-hybridized carbons (Fsp3) is 0.818. The molecule has 0 aromatic carbocycles. The zero-order valence-electron chi connectivity index (χ0n) is 9.66. The van der Waals surface area contributed by atoms with Crippen molar-refractivity contribution in [3.05, 3.63) is 0 Å². The van der Waals surface area contributed by atoms with Crippen molar-refractivity contribution in [1.82, 2.24) is 5.32 Å². The van der Waals surface area contributed by atoms with Gasteiger partial charge in [0.2, 0.25) is 5.91 Å². The van der Waals surface area contributed by atoms with E-state index in [0.29, 0.717) is 12.8 Å². The van der Waals surface area contributed by atoms with Crippen LogP contribution in [0.3, 0.4) is 0 Å². The number of rotatable bonds is 6. The van der Waals surface area contributed by atoms with Gasteiger partial charge in [0.05, 0.1) is 5.92 Å². The summed E-state index contributed by atoms with van der Waals surface area (Å²) in [6.45, 7) is 1.99. The number of hydrogen-bond acceptors (Lipinski definition) is 3. The molecule has 1 atom stereocenters. The molecule has 0 saturated heterocycles. The number of amides is 1. The topological polar surface area (TPSA) is 92.4 Å². The normalized spacial score (nSPS) is 19.6. The minimum atomic E-state index is -0.867. The predicted octanol–water partition coefficient (Wildman–Crippen LogP) is 0.485. The summed E-state index contributed by atoms with van der Waals surface area (Å²) in [4.78, 5) is 22.2. The first-order valence-electron chi connectivity index (χ1n) is 5.75. The van der Waals surface area contributed by atoms with E-state index in [1.54, 1.807) is 6.92 Å². The molecule has 1 unspecified atom stereocenters. The third-order valence-electron chi connectivity index (χ3n) is 3.25. The third kappa shape index (κ3) is 3.48. The molecule has 0 bridgehead atoms. The van der Waals surface area contributed by atoms with E-state index in [2.05, 4.69) is 5.32 Å². The van der Waals surface area contributed by atoms with E-state index in [1.165, 1.54) is 0 Å². The molecule has 0 spiro atoms. The van der Waals surface area contributed by atoms with E-state index in [1.807, 2.05) is 0 Å². The Bertz CT molecular complexity index is 274. The average molecular weight is 228 g/mol. The van der Waals surface area contributed by atoms with Crippen molar-refractivity contribution in [2.75, 3.05) is 6.54 Å². The highest BCUT2D eigenvalue weighted by molar-refractivity contribution is 5.78. The molecule has 1 fully saturated rings. The van der Waals surface area contributed by atoms with E-state index in [4.69, 9.17) is 10.8 Å². The van der Waals surface area contributed by atoms with Gasteiger partial charge in [0, 0.05) is 18.5 Å². The van der Waals surface area contributed by atoms with Crippen LogP contribution in [0.4, 0.5) is 0 Å². The summed E-state index contributed by atoms with van der Waals surface area (Å²) in [5, 5.41) is 11.4. The number of carbonyl (C=O) groups is 2. The largest absolute Gasteiger partial charge is 0.481 e. The molecular weight excluding hydrogens is 208 g/mol. The molecule has 1 aliphatic carbocycles. The second kappa shape index (κ2) is 5.30. The van der Waals surface area contributed by atoms with Crippen LogP contribution in [0, 0.1) is 5.92 Å². The fourth-order valence-electron chi connectivity index (χ4n) is 1.83. The maximum absolute atomic E-state index is 11.5. The highest BCUT2D eigenvalue weighted by Crippen LogP contribution is 2.31. The van der Waals surface area contributed by atoms with Crippen LogP contribution in [0.2, 0.25) is 0 Å². The molecule has 0 aliphatic heterocycles. The van der Waals surface area contributed by atoms with Gasteiger partial charge in [-0.15, -0.1) is 0 Å². The van der Waals surface area contributed by atoms with Crippen molar-refractivity contribution < 1.29 is 14.7 Å². The first kappa shape index (κ1) is 13.0. The van der Waals surface area contributed by atoms with Crippen LogP contribution in [0.5, 0.6) is 0 Å². The summed E-state index contributed by atoms with van der Waals surface area (Å²) in [6, 6.07) is 0. The van der Waals surface area contributed by atoms with Crippen LogP contribution >= 0.6 is 0 Å². The van der Waals surface area contributed by atoms with Gasteiger partial charge >= 0.3 is 5.97 Å². The molecule has 0 heterocycles. The molecular formula is C11H20N2O3. The number of hydrogen-bond donors (Lipinski definition) is 3. The standard InChI is InChI=1S/C11H20N2O3/c1-2-8(10(15)16)7-13-9(14)6-11(12)4-3-5-11/h8H,2-7,12H2,1H3,(H,13,14)(H,15,16). The zero-order valence-corrected chi connectivity index (χ0v) is 9.66. The van der Waals surface area contributed by atoms with Crippen LogP contribution in [0.25, 0.3) is 0 Å². The highest BCUT2D eigenvalue weighted by Gasteiger charge is 2.34. The van der Waals surface area contributed by atoms with Gasteiger partial charge in [-0.2, -0.15) is 0 Å². The maximum atomic E-state index is 11.5. The molecule has 1 rings (SSSR count). The van der Waals surface area contributed by atoms with Crippen molar-refractivity contribution in [3.63, 3.8) is 0 Å². The summed E-state index contributed by atoms with van der Waals surface area (Å²) < 4.78 is 0. The smallest absolute Gasteiger partial charge is 0.308 e. The second-order valence-electron chi connectivity index (χ2n) is 4.64. The summed E-state index contributed by atoms with van der Waals surface area (Å²) in [7, 11) is 0. The Balaban J connectivity index is 2.26. The van der Waals surface area contributed by atoms with Crippen LogP contribution in [0.1, 0.15) is 39.0 Å². The van der Waals surface area contributed by atoms with Gasteiger partial charge in [0.1, 0.15) is 0 Å². The van der Waals surface area contributed by atoms with Gasteiger partial charge in [0.25, 0.3) is 0 Å². The maximum Gasteiger partial charge on any atom is 0.308 e. The molecule has 4 N–H and O–H groups in total. The van der Waals surface area contributed by atoms with Crippen molar-refractivity contribution in [2.45, 2.75) is 44.6 Å². The summed E-state index contributed by atoms with van der Waals surface area (Å²) in [5.41, 5.74) is 5.59. The monoisotopic (exact) mass is 228 g/mol. The van der Waals surface area contributed by atoms with Gasteiger partial charge in [-0.3, -0.25) is 9.59 Å². The Kier molecular flexibility index (Phi) is 4.29. The molecule has 1 amide bonds. The summed E-state index contributed by atoms with van der Waals surface area (Å²) in [6.07, 6.45) is 3.68. The van der Waals surface area contributed by atoms with Crippen LogP contribution in [-0.2, 0) is 9.59 Å².